The predicted molar refractivity (Wildman–Crippen MR) is 73.2 cm³/mol. The van der Waals surface area contributed by atoms with Gasteiger partial charge in [-0.25, -0.2) is 0 Å². The second-order valence-electron chi connectivity index (χ2n) is 5.19. The summed E-state index contributed by atoms with van der Waals surface area (Å²) >= 11 is 1.75. The Kier molecular flexibility index (Phi) is 4.23. The highest BCUT2D eigenvalue weighted by Gasteiger charge is 2.42. The Morgan fingerprint density at radius 3 is 3.06 bits per heavy atom. The summed E-state index contributed by atoms with van der Waals surface area (Å²) in [5.74, 6) is 0.723. The molecule has 1 aromatic heterocycles. The van der Waals surface area contributed by atoms with Gasteiger partial charge in [-0.15, -0.1) is 11.3 Å². The van der Waals surface area contributed by atoms with Gasteiger partial charge in [0, 0.05) is 11.5 Å². The normalized spacial score (nSPS) is 31.4. The van der Waals surface area contributed by atoms with E-state index >= 15 is 0 Å². The molecule has 1 fully saturated rings. The standard InChI is InChI=1S/C14H23NOS/c1-3-16-14(8-4-6-11(2)10-14)13(15)12-7-5-9-17-12/h5,7,9,11,13H,3-4,6,8,10,15H2,1-2H3. The van der Waals surface area contributed by atoms with Crippen LogP contribution in [0.3, 0.4) is 0 Å². The summed E-state index contributed by atoms with van der Waals surface area (Å²) in [5, 5.41) is 2.10. The maximum absolute atomic E-state index is 6.48. The summed E-state index contributed by atoms with van der Waals surface area (Å²) in [6, 6.07) is 4.24. The van der Waals surface area contributed by atoms with Gasteiger partial charge in [0.05, 0.1) is 11.6 Å². The number of ether oxygens (including phenoxy) is 1. The number of thiophene rings is 1. The van der Waals surface area contributed by atoms with Crippen LogP contribution in [0.2, 0.25) is 0 Å². The van der Waals surface area contributed by atoms with Crippen molar-refractivity contribution in [1.82, 2.24) is 0 Å². The Morgan fingerprint density at radius 2 is 2.47 bits per heavy atom. The Morgan fingerprint density at radius 1 is 1.65 bits per heavy atom. The molecule has 2 rings (SSSR count). The van der Waals surface area contributed by atoms with Gasteiger partial charge in [-0.2, -0.15) is 0 Å². The molecule has 0 aromatic carbocycles. The van der Waals surface area contributed by atoms with E-state index < -0.39 is 0 Å². The van der Waals surface area contributed by atoms with Crippen LogP contribution >= 0.6 is 11.3 Å². The molecule has 0 spiro atoms. The molecule has 1 aliphatic rings. The first-order valence-corrected chi connectivity index (χ1v) is 7.49. The average molecular weight is 253 g/mol. The molecule has 2 nitrogen and oxygen atoms in total. The molecular weight excluding hydrogens is 230 g/mol. The Hall–Kier alpha value is -0.380. The van der Waals surface area contributed by atoms with E-state index in [9.17, 15) is 0 Å². The molecule has 2 N–H and O–H groups in total. The molecule has 0 aliphatic heterocycles. The van der Waals surface area contributed by atoms with Crippen LogP contribution in [-0.2, 0) is 4.74 Å². The van der Waals surface area contributed by atoms with Gasteiger partial charge in [0.2, 0.25) is 0 Å². The van der Waals surface area contributed by atoms with Gasteiger partial charge < -0.3 is 10.5 Å². The second-order valence-corrected chi connectivity index (χ2v) is 6.17. The smallest absolute Gasteiger partial charge is 0.0884 e. The van der Waals surface area contributed by atoms with Crippen molar-refractivity contribution in [2.75, 3.05) is 6.61 Å². The predicted octanol–water partition coefficient (Wildman–Crippen LogP) is 3.73. The Balaban J connectivity index is 2.20. The van der Waals surface area contributed by atoms with Crippen LogP contribution in [0.15, 0.2) is 17.5 Å². The third-order valence-corrected chi connectivity index (χ3v) is 4.79. The zero-order chi connectivity index (χ0) is 12.3. The van der Waals surface area contributed by atoms with Gasteiger partial charge in [0.25, 0.3) is 0 Å². The fourth-order valence-corrected chi connectivity index (χ4v) is 3.89. The van der Waals surface area contributed by atoms with Crippen LogP contribution in [0.4, 0.5) is 0 Å². The largest absolute Gasteiger partial charge is 0.373 e. The lowest BCUT2D eigenvalue weighted by Gasteiger charge is -2.43. The van der Waals surface area contributed by atoms with E-state index in [2.05, 4.69) is 31.4 Å². The van der Waals surface area contributed by atoms with Crippen molar-refractivity contribution in [2.24, 2.45) is 11.7 Å². The molecule has 1 aliphatic carbocycles. The van der Waals surface area contributed by atoms with E-state index in [0.717, 1.165) is 25.4 Å². The minimum absolute atomic E-state index is 0.0326. The van der Waals surface area contributed by atoms with Crippen molar-refractivity contribution in [1.29, 1.82) is 0 Å². The molecular formula is C14H23NOS. The van der Waals surface area contributed by atoms with E-state index in [4.69, 9.17) is 10.5 Å². The van der Waals surface area contributed by atoms with Crippen LogP contribution in [-0.4, -0.2) is 12.2 Å². The topological polar surface area (TPSA) is 35.2 Å². The zero-order valence-corrected chi connectivity index (χ0v) is 11.6. The summed E-state index contributed by atoms with van der Waals surface area (Å²) in [6.45, 7) is 5.14. The SMILES string of the molecule is CCOC1(C(N)c2cccs2)CCCC(C)C1. The molecule has 17 heavy (non-hydrogen) atoms. The fourth-order valence-electron chi connectivity index (χ4n) is 3.06. The summed E-state index contributed by atoms with van der Waals surface area (Å²) in [5.41, 5.74) is 6.36. The molecule has 1 saturated carbocycles. The van der Waals surface area contributed by atoms with Gasteiger partial charge in [0.1, 0.15) is 0 Å². The number of hydrogen-bond acceptors (Lipinski definition) is 3. The maximum atomic E-state index is 6.48. The van der Waals surface area contributed by atoms with E-state index in [0.29, 0.717) is 0 Å². The molecule has 0 radical (unpaired) electrons. The van der Waals surface area contributed by atoms with Crippen LogP contribution in [0.1, 0.15) is 50.4 Å². The lowest BCUT2D eigenvalue weighted by Crippen LogP contribution is -2.46. The minimum Gasteiger partial charge on any atom is -0.373 e. The molecule has 1 aromatic rings. The molecule has 3 unspecified atom stereocenters. The van der Waals surface area contributed by atoms with Crippen molar-refractivity contribution in [3.05, 3.63) is 22.4 Å². The van der Waals surface area contributed by atoms with Crippen LogP contribution in [0, 0.1) is 5.92 Å². The number of rotatable bonds is 4. The third-order valence-electron chi connectivity index (χ3n) is 3.84. The molecule has 0 saturated heterocycles. The first-order valence-electron chi connectivity index (χ1n) is 6.61. The van der Waals surface area contributed by atoms with Gasteiger partial charge in [-0.05, 0) is 37.1 Å². The van der Waals surface area contributed by atoms with Gasteiger partial charge in [-0.1, -0.05) is 25.8 Å². The molecule has 3 heteroatoms. The van der Waals surface area contributed by atoms with Crippen molar-refractivity contribution in [3.63, 3.8) is 0 Å². The molecule has 3 atom stereocenters. The van der Waals surface area contributed by atoms with Crippen molar-refractivity contribution >= 4 is 11.3 Å². The van der Waals surface area contributed by atoms with Crippen molar-refractivity contribution < 1.29 is 4.74 Å². The highest BCUT2D eigenvalue weighted by molar-refractivity contribution is 7.10. The van der Waals surface area contributed by atoms with Crippen LogP contribution in [0.25, 0.3) is 0 Å². The van der Waals surface area contributed by atoms with Gasteiger partial charge in [0.15, 0.2) is 0 Å². The van der Waals surface area contributed by atoms with Crippen molar-refractivity contribution in [2.45, 2.75) is 51.2 Å². The summed E-state index contributed by atoms with van der Waals surface area (Å²) < 4.78 is 6.11. The molecule has 0 bridgehead atoms. The fraction of sp³-hybridized carbons (Fsp3) is 0.714. The number of nitrogens with two attached hydrogens (primary N) is 1. The average Bonchev–Trinajstić information content (AvgIpc) is 2.81. The minimum atomic E-state index is -0.128. The first-order chi connectivity index (χ1) is 8.18. The Labute approximate surface area is 108 Å². The monoisotopic (exact) mass is 253 g/mol. The maximum Gasteiger partial charge on any atom is 0.0884 e. The van der Waals surface area contributed by atoms with E-state index in [-0.39, 0.29) is 11.6 Å². The van der Waals surface area contributed by atoms with E-state index in [1.54, 1.807) is 11.3 Å². The van der Waals surface area contributed by atoms with E-state index in [1.165, 1.54) is 17.7 Å². The molecule has 96 valence electrons. The third kappa shape index (κ3) is 2.72. The zero-order valence-electron chi connectivity index (χ0n) is 10.8. The van der Waals surface area contributed by atoms with Crippen LogP contribution < -0.4 is 5.73 Å². The molecule has 1 heterocycles. The van der Waals surface area contributed by atoms with Crippen LogP contribution in [0.5, 0.6) is 0 Å². The Bertz CT molecular complexity index is 334. The summed E-state index contributed by atoms with van der Waals surface area (Å²) in [6.07, 6.45) is 4.75. The molecule has 0 amide bonds. The first kappa shape index (κ1) is 13.1. The van der Waals surface area contributed by atoms with E-state index in [1.807, 2.05) is 0 Å². The quantitative estimate of drug-likeness (QED) is 0.887. The van der Waals surface area contributed by atoms with Crippen molar-refractivity contribution in [3.8, 4) is 0 Å². The van der Waals surface area contributed by atoms with Gasteiger partial charge >= 0.3 is 0 Å². The van der Waals surface area contributed by atoms with Gasteiger partial charge in [-0.3, -0.25) is 0 Å². The summed E-state index contributed by atoms with van der Waals surface area (Å²) in [4.78, 5) is 1.26. The lowest BCUT2D eigenvalue weighted by atomic mass is 9.74. The summed E-state index contributed by atoms with van der Waals surface area (Å²) in [7, 11) is 0. The highest BCUT2D eigenvalue weighted by Crippen LogP contribution is 2.43. The second kappa shape index (κ2) is 5.51. The lowest BCUT2D eigenvalue weighted by molar-refractivity contribution is -0.0932. The number of hydrogen-bond donors (Lipinski definition) is 1. The highest BCUT2D eigenvalue weighted by atomic mass is 32.1.